The molecule has 5 heteroatoms. The van der Waals surface area contributed by atoms with Crippen LogP contribution < -0.4 is 5.56 Å². The lowest BCUT2D eigenvalue weighted by Crippen LogP contribution is -2.15. The number of aliphatic hydroxyl groups is 1. The summed E-state index contributed by atoms with van der Waals surface area (Å²) in [6, 6.07) is 22.4. The summed E-state index contributed by atoms with van der Waals surface area (Å²) in [4.78, 5) is 16.1. The summed E-state index contributed by atoms with van der Waals surface area (Å²) < 4.78 is 3.53. The standard InChI is InChI=1S/C22H19N3O2/c26-21-8-4-5-13-25(21)19-11-9-17(10-12-19)15-24-16-23-14-20(24)22(27)18-6-2-1-3-7-18/h1-14,16,22,27H,15H2. The average Bonchev–Trinajstić information content (AvgIpc) is 3.17. The molecule has 1 N–H and O–H groups in total. The van der Waals surface area contributed by atoms with Gasteiger partial charge in [-0.2, -0.15) is 0 Å². The quantitative estimate of drug-likeness (QED) is 0.597. The van der Waals surface area contributed by atoms with E-state index in [9.17, 15) is 9.90 Å². The van der Waals surface area contributed by atoms with Gasteiger partial charge < -0.3 is 9.67 Å². The Hall–Kier alpha value is -3.44. The van der Waals surface area contributed by atoms with Crippen LogP contribution in [-0.4, -0.2) is 19.2 Å². The van der Waals surface area contributed by atoms with Crippen molar-refractivity contribution in [3.8, 4) is 5.69 Å². The smallest absolute Gasteiger partial charge is 0.255 e. The molecule has 5 nitrogen and oxygen atoms in total. The van der Waals surface area contributed by atoms with Gasteiger partial charge in [-0.05, 0) is 29.3 Å². The Bertz CT molecular complexity index is 1080. The zero-order chi connectivity index (χ0) is 18.6. The molecule has 0 aliphatic carbocycles. The zero-order valence-electron chi connectivity index (χ0n) is 14.6. The summed E-state index contributed by atoms with van der Waals surface area (Å²) in [5.74, 6) is 0. The van der Waals surface area contributed by atoms with Crippen LogP contribution in [0, 0.1) is 0 Å². The van der Waals surface area contributed by atoms with Crippen molar-refractivity contribution in [2.24, 2.45) is 0 Å². The van der Waals surface area contributed by atoms with E-state index in [2.05, 4.69) is 4.98 Å². The van der Waals surface area contributed by atoms with Crippen LogP contribution >= 0.6 is 0 Å². The molecular weight excluding hydrogens is 338 g/mol. The Labute approximate surface area is 156 Å². The third-order valence-electron chi connectivity index (χ3n) is 4.53. The minimum Gasteiger partial charge on any atom is -0.382 e. The van der Waals surface area contributed by atoms with Crippen molar-refractivity contribution in [3.05, 3.63) is 119 Å². The van der Waals surface area contributed by atoms with E-state index < -0.39 is 6.10 Å². The van der Waals surface area contributed by atoms with Crippen LogP contribution in [0.2, 0.25) is 0 Å². The molecule has 2 heterocycles. The molecular formula is C22H19N3O2. The first kappa shape index (κ1) is 17.0. The molecule has 0 amide bonds. The molecule has 0 fully saturated rings. The van der Waals surface area contributed by atoms with Crippen molar-refractivity contribution >= 4 is 0 Å². The highest BCUT2D eigenvalue weighted by atomic mass is 16.3. The number of rotatable bonds is 5. The van der Waals surface area contributed by atoms with Crippen molar-refractivity contribution in [1.29, 1.82) is 0 Å². The van der Waals surface area contributed by atoms with E-state index in [1.807, 2.05) is 65.2 Å². The number of benzene rings is 2. The van der Waals surface area contributed by atoms with Gasteiger partial charge in [-0.15, -0.1) is 0 Å². The third-order valence-corrected chi connectivity index (χ3v) is 4.53. The minimum atomic E-state index is -0.726. The molecule has 0 radical (unpaired) electrons. The first-order chi connectivity index (χ1) is 13.2. The first-order valence-corrected chi connectivity index (χ1v) is 8.72. The van der Waals surface area contributed by atoms with Crippen LogP contribution in [0.3, 0.4) is 0 Å². The topological polar surface area (TPSA) is 60.0 Å². The summed E-state index contributed by atoms with van der Waals surface area (Å²) in [6.07, 6.45) is 4.43. The van der Waals surface area contributed by atoms with Gasteiger partial charge in [0.15, 0.2) is 0 Å². The maximum absolute atomic E-state index is 11.9. The van der Waals surface area contributed by atoms with E-state index >= 15 is 0 Å². The Balaban J connectivity index is 1.57. The van der Waals surface area contributed by atoms with Gasteiger partial charge in [-0.3, -0.25) is 9.36 Å². The van der Waals surface area contributed by atoms with Crippen LogP contribution in [0.1, 0.15) is 22.9 Å². The Morgan fingerprint density at radius 3 is 2.41 bits per heavy atom. The fourth-order valence-corrected chi connectivity index (χ4v) is 3.10. The van der Waals surface area contributed by atoms with E-state index in [-0.39, 0.29) is 5.56 Å². The fourth-order valence-electron chi connectivity index (χ4n) is 3.10. The number of pyridine rings is 1. The van der Waals surface area contributed by atoms with Crippen molar-refractivity contribution in [3.63, 3.8) is 0 Å². The van der Waals surface area contributed by atoms with Crippen molar-refractivity contribution < 1.29 is 5.11 Å². The molecule has 4 rings (SSSR count). The van der Waals surface area contributed by atoms with Gasteiger partial charge in [-0.1, -0.05) is 48.5 Å². The summed E-state index contributed by atoms with van der Waals surface area (Å²) in [6.45, 7) is 0.587. The second-order valence-corrected chi connectivity index (χ2v) is 6.33. The number of aromatic nitrogens is 3. The maximum atomic E-state index is 11.9. The number of hydrogen-bond acceptors (Lipinski definition) is 3. The molecule has 1 atom stereocenters. The minimum absolute atomic E-state index is 0.0619. The van der Waals surface area contributed by atoms with Gasteiger partial charge in [0.25, 0.3) is 5.56 Å². The molecule has 0 bridgehead atoms. The highest BCUT2D eigenvalue weighted by molar-refractivity contribution is 5.35. The summed E-state index contributed by atoms with van der Waals surface area (Å²) in [7, 11) is 0. The Morgan fingerprint density at radius 2 is 1.67 bits per heavy atom. The molecule has 2 aromatic heterocycles. The highest BCUT2D eigenvalue weighted by Crippen LogP contribution is 2.22. The number of imidazole rings is 1. The summed E-state index contributed by atoms with van der Waals surface area (Å²) >= 11 is 0. The van der Waals surface area contributed by atoms with Crippen molar-refractivity contribution in [2.45, 2.75) is 12.6 Å². The Kier molecular flexibility index (Phi) is 4.68. The zero-order valence-corrected chi connectivity index (χ0v) is 14.6. The summed E-state index contributed by atoms with van der Waals surface area (Å²) in [5, 5.41) is 10.7. The SMILES string of the molecule is O=c1ccccn1-c1ccc(Cn2cncc2C(O)c2ccccc2)cc1. The normalized spacial score (nSPS) is 12.0. The summed E-state index contributed by atoms with van der Waals surface area (Å²) in [5.41, 5.74) is 3.39. The molecule has 0 saturated heterocycles. The first-order valence-electron chi connectivity index (χ1n) is 8.72. The fraction of sp³-hybridized carbons (Fsp3) is 0.0909. The van der Waals surface area contributed by atoms with E-state index in [1.165, 1.54) is 6.07 Å². The lowest BCUT2D eigenvalue weighted by atomic mass is 10.1. The van der Waals surface area contributed by atoms with Crippen LogP contribution in [0.4, 0.5) is 0 Å². The van der Waals surface area contributed by atoms with Gasteiger partial charge in [0.2, 0.25) is 0 Å². The molecule has 0 saturated carbocycles. The second kappa shape index (κ2) is 7.43. The van der Waals surface area contributed by atoms with Crippen molar-refractivity contribution in [2.75, 3.05) is 0 Å². The highest BCUT2D eigenvalue weighted by Gasteiger charge is 2.15. The predicted octanol–water partition coefficient (Wildman–Crippen LogP) is 3.16. The predicted molar refractivity (Wildman–Crippen MR) is 104 cm³/mol. The second-order valence-electron chi connectivity index (χ2n) is 6.33. The van der Waals surface area contributed by atoms with Gasteiger partial charge in [-0.25, -0.2) is 4.98 Å². The Morgan fingerprint density at radius 1 is 0.926 bits per heavy atom. The molecule has 4 aromatic rings. The average molecular weight is 357 g/mol. The molecule has 27 heavy (non-hydrogen) atoms. The molecule has 134 valence electrons. The van der Waals surface area contributed by atoms with Crippen LogP contribution in [0.5, 0.6) is 0 Å². The molecule has 2 aromatic carbocycles. The largest absolute Gasteiger partial charge is 0.382 e. The van der Waals surface area contributed by atoms with Crippen LogP contribution in [0.15, 0.2) is 96.3 Å². The monoisotopic (exact) mass is 357 g/mol. The lowest BCUT2D eigenvalue weighted by molar-refractivity contribution is 0.210. The van der Waals surface area contributed by atoms with E-state index in [1.54, 1.807) is 29.4 Å². The molecule has 0 spiro atoms. The van der Waals surface area contributed by atoms with Gasteiger partial charge in [0.05, 0.1) is 18.2 Å². The molecule has 0 aliphatic rings. The van der Waals surface area contributed by atoms with E-state index in [0.29, 0.717) is 6.54 Å². The number of aliphatic hydroxyl groups excluding tert-OH is 1. The molecule has 0 aliphatic heterocycles. The maximum Gasteiger partial charge on any atom is 0.255 e. The lowest BCUT2D eigenvalue weighted by Gasteiger charge is -2.14. The molecule has 1 unspecified atom stereocenters. The van der Waals surface area contributed by atoms with Gasteiger partial charge >= 0.3 is 0 Å². The van der Waals surface area contributed by atoms with Gasteiger partial charge in [0, 0.05) is 24.5 Å². The van der Waals surface area contributed by atoms with E-state index in [4.69, 9.17) is 0 Å². The van der Waals surface area contributed by atoms with E-state index in [0.717, 1.165) is 22.5 Å². The number of hydrogen-bond donors (Lipinski definition) is 1. The van der Waals surface area contributed by atoms with Crippen LogP contribution in [-0.2, 0) is 6.54 Å². The third kappa shape index (κ3) is 3.59. The number of nitrogens with zero attached hydrogens (tertiary/aromatic N) is 3. The van der Waals surface area contributed by atoms with Crippen molar-refractivity contribution in [1.82, 2.24) is 14.1 Å². The van der Waals surface area contributed by atoms with Crippen LogP contribution in [0.25, 0.3) is 5.69 Å². The van der Waals surface area contributed by atoms with Gasteiger partial charge in [0.1, 0.15) is 6.10 Å².